The van der Waals surface area contributed by atoms with Crippen LogP contribution in [0.25, 0.3) is 21.8 Å². The minimum atomic E-state index is -0.357. The number of aliphatic hydroxyl groups is 1. The van der Waals surface area contributed by atoms with Crippen molar-refractivity contribution < 1.29 is 24.1 Å². The number of piperazine rings is 1. The maximum absolute atomic E-state index is 14.0. The van der Waals surface area contributed by atoms with Crippen LogP contribution in [-0.2, 0) is 13.0 Å². The number of aromatic nitrogens is 2. The van der Waals surface area contributed by atoms with Crippen LogP contribution in [0.4, 0.5) is 28.4 Å². The molecule has 0 bridgehead atoms. The second kappa shape index (κ2) is 16.5. The average Bonchev–Trinajstić information content (AvgIpc) is 3.23. The van der Waals surface area contributed by atoms with Crippen molar-refractivity contribution in [1.82, 2.24) is 14.9 Å². The van der Waals surface area contributed by atoms with Crippen molar-refractivity contribution in [3.63, 3.8) is 0 Å². The second-order valence-electron chi connectivity index (χ2n) is 13.0. The molecular formula is C42H43N7O5S. The lowest BCUT2D eigenvalue weighted by atomic mass is 10.1. The normalized spacial score (nSPS) is 12.7. The first-order chi connectivity index (χ1) is 26.8. The zero-order valence-electron chi connectivity index (χ0n) is 31.2. The Kier molecular flexibility index (Phi) is 11.1. The molecule has 4 N–H and O–H groups in total. The topological polar surface area (TPSA) is 133 Å². The summed E-state index contributed by atoms with van der Waals surface area (Å²) in [5.74, 6) is 1.44. The Bertz CT molecular complexity index is 2310. The van der Waals surface area contributed by atoms with Gasteiger partial charge in [0, 0.05) is 72.2 Å². The lowest BCUT2D eigenvalue weighted by Gasteiger charge is -2.37. The monoisotopic (exact) mass is 757 g/mol. The number of aliphatic hydroxyl groups excluding tert-OH is 1. The molecule has 7 rings (SSSR count). The number of nitrogens with one attached hydrogen (secondary N) is 3. The van der Waals surface area contributed by atoms with Crippen molar-refractivity contribution in [3.8, 4) is 17.4 Å². The van der Waals surface area contributed by atoms with E-state index in [4.69, 9.17) is 36.4 Å². The molecule has 55 heavy (non-hydrogen) atoms. The number of rotatable bonds is 11. The van der Waals surface area contributed by atoms with E-state index in [1.165, 1.54) is 0 Å². The number of nitrogens with zero attached hydrogens (tertiary/aromatic N) is 4. The van der Waals surface area contributed by atoms with Gasteiger partial charge in [0.2, 0.25) is 5.88 Å². The number of anilines is 5. The lowest BCUT2D eigenvalue weighted by Crippen LogP contribution is -2.50. The van der Waals surface area contributed by atoms with E-state index in [9.17, 15) is 9.90 Å². The van der Waals surface area contributed by atoms with E-state index < -0.39 is 0 Å². The van der Waals surface area contributed by atoms with E-state index >= 15 is 0 Å². The number of thiocarbonyl (C=S) groups is 1. The van der Waals surface area contributed by atoms with Gasteiger partial charge >= 0.3 is 0 Å². The third-order valence-corrected chi connectivity index (χ3v) is 10.00. The molecule has 3 heterocycles. The van der Waals surface area contributed by atoms with Gasteiger partial charge in [0.05, 0.1) is 55.9 Å². The van der Waals surface area contributed by atoms with Crippen LogP contribution >= 0.6 is 12.2 Å². The van der Waals surface area contributed by atoms with Gasteiger partial charge in [-0.1, -0.05) is 43.3 Å². The van der Waals surface area contributed by atoms with Gasteiger partial charge in [0.25, 0.3) is 5.91 Å². The van der Waals surface area contributed by atoms with E-state index in [2.05, 4.69) is 25.8 Å². The van der Waals surface area contributed by atoms with E-state index in [1.807, 2.05) is 85.8 Å². The quantitative estimate of drug-likeness (QED) is 0.0777. The highest BCUT2D eigenvalue weighted by atomic mass is 32.1. The maximum Gasteiger partial charge on any atom is 0.257 e. The number of carbonyl (C=O) groups is 1. The van der Waals surface area contributed by atoms with Crippen LogP contribution in [0, 0.1) is 0 Å². The summed E-state index contributed by atoms with van der Waals surface area (Å²) in [5, 5.41) is 22.5. The first kappa shape index (κ1) is 37.1. The number of fused-ring (bicyclic) bond motifs is 2. The first-order valence-electron chi connectivity index (χ1n) is 18.0. The van der Waals surface area contributed by atoms with Gasteiger partial charge in [-0.05, 0) is 60.6 Å². The third kappa shape index (κ3) is 8.03. The summed E-state index contributed by atoms with van der Waals surface area (Å²) in [6, 6.07) is 28.9. The molecule has 1 fully saturated rings. The number of para-hydroxylation sites is 2. The average molecular weight is 758 g/mol. The predicted octanol–water partition coefficient (Wildman–Crippen LogP) is 7.38. The van der Waals surface area contributed by atoms with E-state index in [0.717, 1.165) is 57.8 Å². The van der Waals surface area contributed by atoms with Gasteiger partial charge in [-0.25, -0.2) is 9.97 Å². The zero-order chi connectivity index (χ0) is 38.5. The molecule has 1 saturated heterocycles. The molecule has 0 radical (unpaired) electrons. The van der Waals surface area contributed by atoms with Crippen LogP contribution in [-0.4, -0.2) is 78.5 Å². The van der Waals surface area contributed by atoms with Crippen LogP contribution in [0.3, 0.4) is 0 Å². The smallest absolute Gasteiger partial charge is 0.257 e. The van der Waals surface area contributed by atoms with Crippen LogP contribution in [0.5, 0.6) is 17.4 Å². The Morgan fingerprint density at radius 2 is 1.42 bits per heavy atom. The molecule has 0 atom stereocenters. The van der Waals surface area contributed by atoms with Gasteiger partial charge in [-0.15, -0.1) is 0 Å². The Morgan fingerprint density at radius 3 is 2.02 bits per heavy atom. The summed E-state index contributed by atoms with van der Waals surface area (Å²) < 4.78 is 16.6. The highest BCUT2D eigenvalue weighted by molar-refractivity contribution is 7.80. The highest BCUT2D eigenvalue weighted by Gasteiger charge is 2.23. The van der Waals surface area contributed by atoms with Gasteiger partial charge in [0.15, 0.2) is 5.11 Å². The Labute approximate surface area is 325 Å². The molecule has 2 aromatic heterocycles. The number of methoxy groups -OCH3 is 3. The Balaban J connectivity index is 1.10. The number of pyridine rings is 2. The predicted molar refractivity (Wildman–Crippen MR) is 223 cm³/mol. The number of aryl methyl sites for hydroxylation is 1. The van der Waals surface area contributed by atoms with Crippen molar-refractivity contribution >= 4 is 73.5 Å². The number of carbonyl (C=O) groups excluding carboxylic acids is 1. The first-order valence-corrected chi connectivity index (χ1v) is 18.4. The van der Waals surface area contributed by atoms with Crippen molar-refractivity contribution in [2.24, 2.45) is 0 Å². The van der Waals surface area contributed by atoms with Gasteiger partial charge in [-0.2, -0.15) is 0 Å². The minimum Gasteiger partial charge on any atom is -0.497 e. The van der Waals surface area contributed by atoms with Crippen LogP contribution in [0.2, 0.25) is 0 Å². The SMILES string of the molecule is CCc1nc(OC)c(NC(=S)N2CCN(c3cc(OC)cc(OC)c3)CC2)cc1C(=O)Nc1cc(CO)cc(Nc2c3ccccc3nc3ccccc23)c1. The summed E-state index contributed by atoms with van der Waals surface area (Å²) in [6.45, 7) is 4.52. The van der Waals surface area contributed by atoms with E-state index in [1.54, 1.807) is 33.5 Å². The Hall–Kier alpha value is -6.18. The summed E-state index contributed by atoms with van der Waals surface area (Å²) in [5.41, 5.74) is 6.88. The number of hydrogen-bond donors (Lipinski definition) is 4. The molecular weight excluding hydrogens is 715 g/mol. The largest absolute Gasteiger partial charge is 0.497 e. The van der Waals surface area contributed by atoms with E-state index in [0.29, 0.717) is 64.4 Å². The van der Waals surface area contributed by atoms with Gasteiger partial charge < -0.3 is 45.1 Å². The van der Waals surface area contributed by atoms with Crippen molar-refractivity contribution in [1.29, 1.82) is 0 Å². The fourth-order valence-corrected chi connectivity index (χ4v) is 7.12. The fourth-order valence-electron chi connectivity index (χ4n) is 6.83. The van der Waals surface area contributed by atoms with Crippen LogP contribution in [0.1, 0.15) is 28.5 Å². The zero-order valence-corrected chi connectivity index (χ0v) is 32.0. The molecule has 0 unspecified atom stereocenters. The number of hydrogen-bond acceptors (Lipinski definition) is 10. The van der Waals surface area contributed by atoms with Crippen LogP contribution < -0.4 is 35.1 Å². The molecule has 0 spiro atoms. The van der Waals surface area contributed by atoms with Gasteiger partial charge in [0.1, 0.15) is 17.2 Å². The Morgan fingerprint density at radius 1 is 0.782 bits per heavy atom. The second-order valence-corrected chi connectivity index (χ2v) is 13.4. The van der Waals surface area contributed by atoms with Crippen molar-refractivity contribution in [2.75, 3.05) is 68.4 Å². The molecule has 6 aromatic rings. The third-order valence-electron chi connectivity index (χ3n) is 9.64. The van der Waals surface area contributed by atoms with Crippen molar-refractivity contribution in [3.05, 3.63) is 108 Å². The number of amides is 1. The molecule has 282 valence electrons. The van der Waals surface area contributed by atoms with Gasteiger partial charge in [-0.3, -0.25) is 4.79 Å². The molecule has 1 amide bonds. The standard InChI is InChI=1S/C42H43N7O5S/c1-5-35-34(24-38(41(46-35)54-4)47-42(55)49-16-14-48(15-17-49)29-21-30(52-2)23-31(22-29)53-3)40(51)44-28-19-26(25-50)18-27(20-28)43-39-32-10-6-8-12-36(32)45-37-13-9-7-11-33(37)39/h6-13,18-24,50H,5,14-17,25H2,1-4H3,(H,43,45)(H,44,51)(H,47,55). The summed E-state index contributed by atoms with van der Waals surface area (Å²) >= 11 is 5.87. The molecule has 1 aliphatic rings. The number of benzene rings is 4. The van der Waals surface area contributed by atoms with Crippen LogP contribution in [0.15, 0.2) is 91.0 Å². The molecule has 0 aliphatic carbocycles. The molecule has 4 aromatic carbocycles. The fraction of sp³-hybridized carbons (Fsp3) is 0.238. The van der Waals surface area contributed by atoms with Crippen molar-refractivity contribution in [2.45, 2.75) is 20.0 Å². The molecule has 0 saturated carbocycles. The van der Waals surface area contributed by atoms with E-state index in [-0.39, 0.29) is 12.5 Å². The maximum atomic E-state index is 14.0. The molecule has 13 heteroatoms. The minimum absolute atomic E-state index is 0.214. The summed E-state index contributed by atoms with van der Waals surface area (Å²) in [6.07, 6.45) is 0.493. The number of ether oxygens (including phenoxy) is 3. The molecule has 12 nitrogen and oxygen atoms in total. The highest BCUT2D eigenvalue weighted by Crippen LogP contribution is 2.35. The summed E-state index contributed by atoms with van der Waals surface area (Å²) in [4.78, 5) is 27.9. The summed E-state index contributed by atoms with van der Waals surface area (Å²) in [7, 11) is 4.82. The lowest BCUT2D eigenvalue weighted by molar-refractivity contribution is 0.102. The molecule has 1 aliphatic heterocycles.